The van der Waals surface area contributed by atoms with Gasteiger partial charge in [-0.2, -0.15) is 0 Å². The lowest BCUT2D eigenvalue weighted by atomic mass is 9.91. The summed E-state index contributed by atoms with van der Waals surface area (Å²) in [6, 6.07) is 80.8. The van der Waals surface area contributed by atoms with Crippen LogP contribution >= 0.6 is 0 Å². The van der Waals surface area contributed by atoms with E-state index < -0.39 is 0 Å². The van der Waals surface area contributed by atoms with E-state index in [4.69, 9.17) is 4.42 Å². The fourth-order valence-corrected chi connectivity index (χ4v) is 8.57. The standard InChI is InChI=1S/C56H37NO/c1-3-12-38(13-4-1)40-24-28-47(29-25-40)57(48-30-26-39-14-7-8-17-44(39)35-48)49-31-32-50(52(37-49)41-15-5-2-6-16-41)46-19-11-18-43(34-46)45-23-22-42-27-33-55-56(53(42)36-45)51-20-9-10-21-54(51)58-55/h1-37H. The Morgan fingerprint density at radius 3 is 1.71 bits per heavy atom. The van der Waals surface area contributed by atoms with Gasteiger partial charge in [0.05, 0.1) is 0 Å². The summed E-state index contributed by atoms with van der Waals surface area (Å²) in [5.41, 5.74) is 14.5. The van der Waals surface area contributed by atoms with Crippen LogP contribution in [0.2, 0.25) is 0 Å². The van der Waals surface area contributed by atoms with Crippen LogP contribution in [0.5, 0.6) is 0 Å². The van der Waals surface area contributed by atoms with Crippen molar-refractivity contribution in [2.45, 2.75) is 0 Å². The minimum atomic E-state index is 0.914. The molecule has 0 saturated heterocycles. The van der Waals surface area contributed by atoms with Crippen LogP contribution in [0.4, 0.5) is 17.1 Å². The molecule has 11 rings (SSSR count). The van der Waals surface area contributed by atoms with Gasteiger partial charge in [-0.1, -0.05) is 164 Å². The number of hydrogen-bond acceptors (Lipinski definition) is 2. The molecule has 1 heterocycles. The van der Waals surface area contributed by atoms with Crippen molar-refractivity contribution in [1.82, 2.24) is 0 Å². The Morgan fingerprint density at radius 1 is 0.276 bits per heavy atom. The third kappa shape index (κ3) is 6.00. The highest BCUT2D eigenvalue weighted by Crippen LogP contribution is 2.43. The van der Waals surface area contributed by atoms with Crippen LogP contribution in [-0.2, 0) is 0 Å². The highest BCUT2D eigenvalue weighted by Gasteiger charge is 2.18. The molecule has 0 spiro atoms. The molecule has 0 bridgehead atoms. The molecule has 272 valence electrons. The third-order valence-electron chi connectivity index (χ3n) is 11.4. The first-order valence-electron chi connectivity index (χ1n) is 19.8. The molecule has 0 amide bonds. The molecule has 0 atom stereocenters. The van der Waals surface area contributed by atoms with Gasteiger partial charge in [0.25, 0.3) is 0 Å². The van der Waals surface area contributed by atoms with Gasteiger partial charge in [0.1, 0.15) is 11.2 Å². The number of fused-ring (bicyclic) bond motifs is 6. The second kappa shape index (κ2) is 14.1. The summed E-state index contributed by atoms with van der Waals surface area (Å²) in [7, 11) is 0. The lowest BCUT2D eigenvalue weighted by molar-refractivity contribution is 0.669. The predicted molar refractivity (Wildman–Crippen MR) is 245 cm³/mol. The molecule has 2 nitrogen and oxygen atoms in total. The fourth-order valence-electron chi connectivity index (χ4n) is 8.57. The molecule has 58 heavy (non-hydrogen) atoms. The van der Waals surface area contributed by atoms with E-state index in [2.05, 4.69) is 217 Å². The van der Waals surface area contributed by atoms with Crippen molar-refractivity contribution in [2.24, 2.45) is 0 Å². The molecule has 0 aliphatic rings. The highest BCUT2D eigenvalue weighted by atomic mass is 16.3. The van der Waals surface area contributed by atoms with E-state index in [9.17, 15) is 0 Å². The van der Waals surface area contributed by atoms with E-state index in [-0.39, 0.29) is 0 Å². The number of para-hydroxylation sites is 1. The summed E-state index contributed by atoms with van der Waals surface area (Å²) in [5, 5.41) is 7.14. The van der Waals surface area contributed by atoms with Crippen molar-refractivity contribution in [1.29, 1.82) is 0 Å². The Kier molecular flexibility index (Phi) is 8.19. The first-order valence-corrected chi connectivity index (χ1v) is 19.8. The van der Waals surface area contributed by atoms with Gasteiger partial charge < -0.3 is 9.32 Å². The first-order chi connectivity index (χ1) is 28.7. The van der Waals surface area contributed by atoms with E-state index in [1.165, 1.54) is 71.4 Å². The van der Waals surface area contributed by atoms with E-state index in [0.717, 1.165) is 33.6 Å². The molecule has 1 aromatic heterocycles. The van der Waals surface area contributed by atoms with Gasteiger partial charge in [-0.3, -0.25) is 0 Å². The second-order valence-corrected chi connectivity index (χ2v) is 14.9. The van der Waals surface area contributed by atoms with Gasteiger partial charge in [-0.15, -0.1) is 0 Å². The maximum Gasteiger partial charge on any atom is 0.136 e. The van der Waals surface area contributed by atoms with Crippen molar-refractivity contribution < 1.29 is 4.42 Å². The SMILES string of the molecule is c1ccc(-c2ccc(N(c3ccc(-c4cccc(-c5ccc6ccc7oc8ccccc8c7c6c5)c4)c(-c4ccccc4)c3)c3ccc4ccccc4c3)cc2)cc1. The van der Waals surface area contributed by atoms with E-state index >= 15 is 0 Å². The molecule has 0 N–H and O–H groups in total. The topological polar surface area (TPSA) is 16.4 Å². The van der Waals surface area contributed by atoms with Crippen molar-refractivity contribution in [3.8, 4) is 44.5 Å². The molecule has 0 unspecified atom stereocenters. The molecule has 0 aliphatic carbocycles. The number of furan rings is 1. The van der Waals surface area contributed by atoms with Crippen LogP contribution in [0.15, 0.2) is 229 Å². The summed E-state index contributed by atoms with van der Waals surface area (Å²) < 4.78 is 6.26. The van der Waals surface area contributed by atoms with Crippen LogP contribution in [0.1, 0.15) is 0 Å². The third-order valence-corrected chi connectivity index (χ3v) is 11.4. The van der Waals surface area contributed by atoms with Crippen LogP contribution in [0.25, 0.3) is 88.0 Å². The minimum absolute atomic E-state index is 0.914. The van der Waals surface area contributed by atoms with E-state index in [0.29, 0.717) is 0 Å². The molecule has 0 radical (unpaired) electrons. The second-order valence-electron chi connectivity index (χ2n) is 14.9. The van der Waals surface area contributed by atoms with Gasteiger partial charge in [0.15, 0.2) is 0 Å². The molecule has 0 aliphatic heterocycles. The van der Waals surface area contributed by atoms with Crippen LogP contribution in [0, 0.1) is 0 Å². The van der Waals surface area contributed by atoms with Crippen LogP contribution in [0.3, 0.4) is 0 Å². The Labute approximate surface area is 337 Å². The Morgan fingerprint density at radius 2 is 0.862 bits per heavy atom. The molecule has 0 fully saturated rings. The Balaban J connectivity index is 1.05. The zero-order valence-electron chi connectivity index (χ0n) is 31.7. The summed E-state index contributed by atoms with van der Waals surface area (Å²) in [6.45, 7) is 0. The van der Waals surface area contributed by atoms with E-state index in [1.807, 2.05) is 12.1 Å². The number of hydrogen-bond donors (Lipinski definition) is 0. The lowest BCUT2D eigenvalue weighted by Crippen LogP contribution is -2.10. The fraction of sp³-hybridized carbons (Fsp3) is 0. The normalized spacial score (nSPS) is 11.4. The Bertz CT molecular complexity index is 3270. The number of anilines is 3. The van der Waals surface area contributed by atoms with Gasteiger partial charge in [0.2, 0.25) is 0 Å². The summed E-state index contributed by atoms with van der Waals surface area (Å²) in [6.07, 6.45) is 0. The van der Waals surface area contributed by atoms with Gasteiger partial charge in [-0.05, 0) is 127 Å². The van der Waals surface area contributed by atoms with Crippen molar-refractivity contribution in [3.63, 3.8) is 0 Å². The first kappa shape index (κ1) is 33.6. The zero-order valence-corrected chi connectivity index (χ0v) is 31.7. The highest BCUT2D eigenvalue weighted by molar-refractivity contribution is 6.19. The quantitative estimate of drug-likeness (QED) is 0.162. The van der Waals surface area contributed by atoms with Crippen molar-refractivity contribution >= 4 is 60.5 Å². The van der Waals surface area contributed by atoms with Crippen molar-refractivity contribution in [3.05, 3.63) is 224 Å². The van der Waals surface area contributed by atoms with Crippen molar-refractivity contribution in [2.75, 3.05) is 4.90 Å². The zero-order chi connectivity index (χ0) is 38.4. The Hall–Kier alpha value is -7.68. The predicted octanol–water partition coefficient (Wildman–Crippen LogP) is 16.0. The van der Waals surface area contributed by atoms with Crippen LogP contribution < -0.4 is 4.90 Å². The average Bonchev–Trinajstić information content (AvgIpc) is 3.69. The molecule has 2 heteroatoms. The summed E-state index contributed by atoms with van der Waals surface area (Å²) in [5.74, 6) is 0. The average molecular weight is 740 g/mol. The smallest absolute Gasteiger partial charge is 0.136 e. The monoisotopic (exact) mass is 739 g/mol. The lowest BCUT2D eigenvalue weighted by Gasteiger charge is -2.27. The molecular weight excluding hydrogens is 703 g/mol. The largest absolute Gasteiger partial charge is 0.456 e. The number of nitrogens with zero attached hydrogens (tertiary/aromatic N) is 1. The summed E-state index contributed by atoms with van der Waals surface area (Å²) in [4.78, 5) is 2.38. The number of benzene rings is 10. The number of rotatable bonds is 7. The van der Waals surface area contributed by atoms with Gasteiger partial charge in [0, 0.05) is 27.8 Å². The minimum Gasteiger partial charge on any atom is -0.456 e. The van der Waals surface area contributed by atoms with Gasteiger partial charge >= 0.3 is 0 Å². The molecule has 11 aromatic rings. The van der Waals surface area contributed by atoms with Crippen LogP contribution in [-0.4, -0.2) is 0 Å². The molecule has 10 aromatic carbocycles. The van der Waals surface area contributed by atoms with E-state index in [1.54, 1.807) is 0 Å². The maximum atomic E-state index is 6.26. The molecular formula is C56H37NO. The maximum absolute atomic E-state index is 6.26. The summed E-state index contributed by atoms with van der Waals surface area (Å²) >= 11 is 0. The van der Waals surface area contributed by atoms with Gasteiger partial charge in [-0.25, -0.2) is 0 Å². The molecule has 0 saturated carbocycles.